The largest absolute Gasteiger partial charge is 0.303 e. The number of hydrogen-bond acceptors (Lipinski definition) is 4. The van der Waals surface area contributed by atoms with Gasteiger partial charge in [-0.1, -0.05) is 12.1 Å². The minimum atomic E-state index is -0.425. The van der Waals surface area contributed by atoms with Crippen molar-refractivity contribution in [1.82, 2.24) is 5.06 Å². The topological polar surface area (TPSA) is 63.7 Å². The van der Waals surface area contributed by atoms with Gasteiger partial charge < -0.3 is 4.79 Å². The minimum Gasteiger partial charge on any atom is -0.303 e. The number of nitrogens with zero attached hydrogens (tertiary/aromatic N) is 1. The van der Waals surface area contributed by atoms with Gasteiger partial charge in [-0.25, -0.2) is 0 Å². The quantitative estimate of drug-likeness (QED) is 0.435. The first-order valence-corrected chi connectivity index (χ1v) is 5.80. The number of amides is 2. The summed E-state index contributed by atoms with van der Waals surface area (Å²) in [7, 11) is 0. The average Bonchev–Trinajstić information content (AvgIpc) is 2.64. The molecule has 5 heteroatoms. The first-order chi connectivity index (χ1) is 8.75. The van der Waals surface area contributed by atoms with Crippen LogP contribution >= 0.6 is 0 Å². The number of unbranched alkanes of at least 4 members (excludes halogenated alkanes) is 2. The molecule has 1 aromatic carbocycles. The van der Waals surface area contributed by atoms with Crippen LogP contribution in [0.2, 0.25) is 0 Å². The van der Waals surface area contributed by atoms with Crippen molar-refractivity contribution in [1.29, 1.82) is 0 Å². The molecule has 0 aromatic heterocycles. The lowest BCUT2D eigenvalue weighted by molar-refractivity contribution is -0.108. The molecule has 2 rings (SSSR count). The van der Waals surface area contributed by atoms with Gasteiger partial charge in [0.1, 0.15) is 6.29 Å². The van der Waals surface area contributed by atoms with Crippen LogP contribution in [0.15, 0.2) is 24.3 Å². The van der Waals surface area contributed by atoms with E-state index in [9.17, 15) is 14.4 Å². The Labute approximate surface area is 104 Å². The minimum absolute atomic E-state index is 0.249. The second-order valence-corrected chi connectivity index (χ2v) is 3.95. The van der Waals surface area contributed by atoms with E-state index in [1.807, 2.05) is 0 Å². The molecular formula is C13H13NO4. The third-order valence-electron chi connectivity index (χ3n) is 2.69. The number of imide groups is 1. The van der Waals surface area contributed by atoms with Crippen molar-refractivity contribution < 1.29 is 19.2 Å². The fourth-order valence-electron chi connectivity index (χ4n) is 1.77. The Balaban J connectivity index is 1.94. The number of carbonyl (C=O) groups is 3. The Bertz CT molecular complexity index is 449. The average molecular weight is 247 g/mol. The Morgan fingerprint density at radius 1 is 1.06 bits per heavy atom. The lowest BCUT2D eigenvalue weighted by Gasteiger charge is -2.12. The van der Waals surface area contributed by atoms with E-state index >= 15 is 0 Å². The van der Waals surface area contributed by atoms with Crippen molar-refractivity contribution in [2.24, 2.45) is 0 Å². The van der Waals surface area contributed by atoms with Gasteiger partial charge in [-0.15, -0.1) is 5.06 Å². The molecule has 5 nitrogen and oxygen atoms in total. The monoisotopic (exact) mass is 247 g/mol. The summed E-state index contributed by atoms with van der Waals surface area (Å²) in [5, 5.41) is 0.797. The fourth-order valence-corrected chi connectivity index (χ4v) is 1.77. The Morgan fingerprint density at radius 2 is 1.67 bits per heavy atom. The fraction of sp³-hybridized carbons (Fsp3) is 0.308. The van der Waals surface area contributed by atoms with E-state index in [0.717, 1.165) is 11.3 Å². The lowest BCUT2D eigenvalue weighted by Crippen LogP contribution is -2.30. The molecule has 1 aliphatic heterocycles. The molecule has 94 valence electrons. The van der Waals surface area contributed by atoms with Crippen LogP contribution < -0.4 is 0 Å². The molecule has 0 fully saturated rings. The molecule has 0 aliphatic carbocycles. The Hall–Kier alpha value is -2.01. The van der Waals surface area contributed by atoms with Crippen molar-refractivity contribution in [2.45, 2.75) is 19.3 Å². The second kappa shape index (κ2) is 5.55. The van der Waals surface area contributed by atoms with Gasteiger partial charge in [0.25, 0.3) is 11.8 Å². The summed E-state index contributed by atoms with van der Waals surface area (Å²) in [5.74, 6) is -0.850. The van der Waals surface area contributed by atoms with E-state index in [0.29, 0.717) is 30.4 Å². The van der Waals surface area contributed by atoms with Crippen LogP contribution in [0, 0.1) is 0 Å². The van der Waals surface area contributed by atoms with E-state index < -0.39 is 11.8 Å². The number of carbonyl (C=O) groups excluding carboxylic acids is 3. The number of fused-ring (bicyclic) bond motifs is 1. The SMILES string of the molecule is O=CCCCCON1C(=O)c2ccccc2C1=O. The van der Waals surface area contributed by atoms with Gasteiger partial charge in [0.15, 0.2) is 0 Å². The summed E-state index contributed by atoms with van der Waals surface area (Å²) < 4.78 is 0. The van der Waals surface area contributed by atoms with Crippen LogP contribution in [0.4, 0.5) is 0 Å². The highest BCUT2D eigenvalue weighted by Gasteiger charge is 2.36. The molecule has 0 spiro atoms. The zero-order chi connectivity index (χ0) is 13.0. The maximum Gasteiger partial charge on any atom is 0.285 e. The molecule has 0 unspecified atom stereocenters. The molecule has 0 saturated carbocycles. The van der Waals surface area contributed by atoms with Crippen LogP contribution in [-0.4, -0.2) is 29.8 Å². The van der Waals surface area contributed by atoms with Gasteiger partial charge in [-0.05, 0) is 25.0 Å². The second-order valence-electron chi connectivity index (χ2n) is 3.95. The van der Waals surface area contributed by atoms with Gasteiger partial charge in [-0.2, -0.15) is 0 Å². The van der Waals surface area contributed by atoms with Crippen LogP contribution in [0.5, 0.6) is 0 Å². The number of hydroxylamine groups is 2. The molecular weight excluding hydrogens is 234 g/mol. The molecule has 0 saturated heterocycles. The first kappa shape index (κ1) is 12.4. The highest BCUT2D eigenvalue weighted by Crippen LogP contribution is 2.22. The predicted molar refractivity (Wildman–Crippen MR) is 62.8 cm³/mol. The van der Waals surface area contributed by atoms with Gasteiger partial charge in [0, 0.05) is 6.42 Å². The molecule has 0 atom stereocenters. The first-order valence-electron chi connectivity index (χ1n) is 5.80. The summed E-state index contributed by atoms with van der Waals surface area (Å²) in [6, 6.07) is 6.62. The maximum atomic E-state index is 11.9. The molecule has 18 heavy (non-hydrogen) atoms. The molecule has 1 heterocycles. The smallest absolute Gasteiger partial charge is 0.285 e. The van der Waals surface area contributed by atoms with Gasteiger partial charge in [-0.3, -0.25) is 14.4 Å². The summed E-state index contributed by atoms with van der Waals surface area (Å²) >= 11 is 0. The zero-order valence-electron chi connectivity index (χ0n) is 9.80. The molecule has 0 bridgehead atoms. The van der Waals surface area contributed by atoms with Crippen LogP contribution in [-0.2, 0) is 9.63 Å². The van der Waals surface area contributed by atoms with Crippen LogP contribution in [0.3, 0.4) is 0 Å². The number of aldehydes is 1. The molecule has 1 aliphatic rings. The third-order valence-corrected chi connectivity index (χ3v) is 2.69. The normalized spacial score (nSPS) is 13.9. The number of hydrogen-bond donors (Lipinski definition) is 0. The standard InChI is InChI=1S/C13H13NO4/c15-8-4-1-5-9-18-14-12(16)10-6-2-3-7-11(10)13(14)17/h2-3,6-8H,1,4-5,9H2. The molecule has 2 amide bonds. The summed E-state index contributed by atoms with van der Waals surface area (Å²) in [4.78, 5) is 39.0. The summed E-state index contributed by atoms with van der Waals surface area (Å²) in [6.07, 6.45) is 2.62. The predicted octanol–water partition coefficient (Wildman–Crippen LogP) is 1.58. The van der Waals surface area contributed by atoms with Crippen molar-refractivity contribution in [3.63, 3.8) is 0 Å². The van der Waals surface area contributed by atoms with Crippen molar-refractivity contribution in [3.8, 4) is 0 Å². The highest BCUT2D eigenvalue weighted by molar-refractivity contribution is 6.20. The number of rotatable bonds is 6. The van der Waals surface area contributed by atoms with E-state index in [2.05, 4.69) is 0 Å². The van der Waals surface area contributed by atoms with Gasteiger partial charge in [0.05, 0.1) is 17.7 Å². The molecule has 0 radical (unpaired) electrons. The number of benzene rings is 1. The van der Waals surface area contributed by atoms with Crippen molar-refractivity contribution >= 4 is 18.1 Å². The maximum absolute atomic E-state index is 11.9. The van der Waals surface area contributed by atoms with E-state index in [1.165, 1.54) is 0 Å². The summed E-state index contributed by atoms with van der Waals surface area (Å²) in [5.41, 5.74) is 0.741. The van der Waals surface area contributed by atoms with Crippen molar-refractivity contribution in [3.05, 3.63) is 35.4 Å². The molecule has 1 aromatic rings. The Kier molecular flexibility index (Phi) is 3.84. The van der Waals surface area contributed by atoms with Crippen LogP contribution in [0.25, 0.3) is 0 Å². The highest BCUT2D eigenvalue weighted by atomic mass is 16.7. The van der Waals surface area contributed by atoms with E-state index in [-0.39, 0.29) is 6.61 Å². The molecule has 0 N–H and O–H groups in total. The lowest BCUT2D eigenvalue weighted by atomic mass is 10.1. The van der Waals surface area contributed by atoms with Crippen LogP contribution in [0.1, 0.15) is 40.0 Å². The van der Waals surface area contributed by atoms with E-state index in [4.69, 9.17) is 4.84 Å². The Morgan fingerprint density at radius 3 is 2.22 bits per heavy atom. The third kappa shape index (κ3) is 2.31. The van der Waals surface area contributed by atoms with Gasteiger partial charge in [0.2, 0.25) is 0 Å². The summed E-state index contributed by atoms with van der Waals surface area (Å²) in [6.45, 7) is 0.249. The van der Waals surface area contributed by atoms with Gasteiger partial charge >= 0.3 is 0 Å². The zero-order valence-corrected chi connectivity index (χ0v) is 9.80. The van der Waals surface area contributed by atoms with Crippen molar-refractivity contribution in [2.75, 3.05) is 6.61 Å². The van der Waals surface area contributed by atoms with E-state index in [1.54, 1.807) is 24.3 Å².